The molecule has 0 spiro atoms. The molecule has 0 aliphatic heterocycles. The SMILES string of the molecule is N#CC1CCCCC1Nc1ccc2sccc2c1. The first-order valence-electron chi connectivity index (χ1n) is 6.50. The van der Waals surface area contributed by atoms with Crippen molar-refractivity contribution in [3.8, 4) is 6.07 Å². The van der Waals surface area contributed by atoms with Crippen molar-refractivity contribution in [3.05, 3.63) is 29.6 Å². The van der Waals surface area contributed by atoms with Crippen molar-refractivity contribution in [2.24, 2.45) is 5.92 Å². The lowest BCUT2D eigenvalue weighted by Crippen LogP contribution is -2.31. The average molecular weight is 256 g/mol. The Bertz CT molecular complexity index is 581. The van der Waals surface area contributed by atoms with Crippen LogP contribution >= 0.6 is 11.3 Å². The third-order valence-electron chi connectivity index (χ3n) is 3.74. The molecule has 2 unspecified atom stereocenters. The van der Waals surface area contributed by atoms with Crippen molar-refractivity contribution in [1.29, 1.82) is 5.26 Å². The fourth-order valence-corrected chi connectivity index (χ4v) is 3.50. The second-order valence-corrected chi connectivity index (χ2v) is 5.89. The summed E-state index contributed by atoms with van der Waals surface area (Å²) in [5.41, 5.74) is 1.15. The second-order valence-electron chi connectivity index (χ2n) is 4.94. The number of hydrogen-bond acceptors (Lipinski definition) is 3. The van der Waals surface area contributed by atoms with Gasteiger partial charge in [0.15, 0.2) is 0 Å². The maximum Gasteiger partial charge on any atom is 0.0677 e. The zero-order chi connectivity index (χ0) is 12.4. The molecule has 1 N–H and O–H groups in total. The molecule has 0 radical (unpaired) electrons. The topological polar surface area (TPSA) is 35.8 Å². The van der Waals surface area contributed by atoms with E-state index in [1.54, 1.807) is 11.3 Å². The molecule has 1 heterocycles. The highest BCUT2D eigenvalue weighted by atomic mass is 32.1. The average Bonchev–Trinajstić information content (AvgIpc) is 2.87. The largest absolute Gasteiger partial charge is 0.381 e. The minimum atomic E-state index is 0.164. The molecule has 3 rings (SSSR count). The molecule has 0 bridgehead atoms. The van der Waals surface area contributed by atoms with Gasteiger partial charge in [-0.15, -0.1) is 11.3 Å². The highest BCUT2D eigenvalue weighted by Crippen LogP contribution is 2.29. The van der Waals surface area contributed by atoms with Gasteiger partial charge in [0.05, 0.1) is 12.0 Å². The number of fused-ring (bicyclic) bond motifs is 1. The van der Waals surface area contributed by atoms with Crippen LogP contribution in [0, 0.1) is 17.2 Å². The van der Waals surface area contributed by atoms with Gasteiger partial charge in [-0.2, -0.15) is 5.26 Å². The van der Waals surface area contributed by atoms with Gasteiger partial charge >= 0.3 is 0 Å². The Labute approximate surface area is 111 Å². The molecular formula is C15H16N2S. The number of nitriles is 1. The molecule has 2 aromatic rings. The Kier molecular flexibility index (Phi) is 3.21. The van der Waals surface area contributed by atoms with Gasteiger partial charge in [0.1, 0.15) is 0 Å². The summed E-state index contributed by atoms with van der Waals surface area (Å²) in [6.45, 7) is 0. The summed E-state index contributed by atoms with van der Waals surface area (Å²) in [4.78, 5) is 0. The van der Waals surface area contributed by atoms with Crippen LogP contribution in [-0.2, 0) is 0 Å². The summed E-state index contributed by atoms with van der Waals surface area (Å²) in [7, 11) is 0. The van der Waals surface area contributed by atoms with Gasteiger partial charge in [0.25, 0.3) is 0 Å². The number of anilines is 1. The van der Waals surface area contributed by atoms with Crippen LogP contribution in [0.25, 0.3) is 10.1 Å². The van der Waals surface area contributed by atoms with Crippen molar-refractivity contribution in [3.63, 3.8) is 0 Å². The van der Waals surface area contributed by atoms with Crippen LogP contribution in [0.2, 0.25) is 0 Å². The highest BCUT2D eigenvalue weighted by molar-refractivity contribution is 7.17. The highest BCUT2D eigenvalue weighted by Gasteiger charge is 2.24. The maximum absolute atomic E-state index is 9.19. The smallest absolute Gasteiger partial charge is 0.0677 e. The summed E-state index contributed by atoms with van der Waals surface area (Å²) >= 11 is 1.77. The van der Waals surface area contributed by atoms with E-state index in [0.717, 1.165) is 18.5 Å². The van der Waals surface area contributed by atoms with Crippen molar-refractivity contribution in [2.75, 3.05) is 5.32 Å². The minimum absolute atomic E-state index is 0.164. The number of rotatable bonds is 2. The van der Waals surface area contributed by atoms with Crippen molar-refractivity contribution < 1.29 is 0 Å². The first-order chi connectivity index (χ1) is 8.86. The number of hydrogen-bond donors (Lipinski definition) is 1. The van der Waals surface area contributed by atoms with Gasteiger partial charge in [-0.3, -0.25) is 0 Å². The number of benzene rings is 1. The monoisotopic (exact) mass is 256 g/mol. The Hall–Kier alpha value is -1.53. The Morgan fingerprint density at radius 1 is 1.22 bits per heavy atom. The first kappa shape index (κ1) is 11.6. The predicted octanol–water partition coefficient (Wildman–Crippen LogP) is 4.40. The van der Waals surface area contributed by atoms with Gasteiger partial charge in [0, 0.05) is 16.4 Å². The Morgan fingerprint density at radius 3 is 3.00 bits per heavy atom. The Morgan fingerprint density at radius 2 is 2.11 bits per heavy atom. The van der Waals surface area contributed by atoms with Gasteiger partial charge in [-0.05, 0) is 47.9 Å². The van der Waals surface area contributed by atoms with E-state index in [4.69, 9.17) is 0 Å². The van der Waals surface area contributed by atoms with E-state index in [1.807, 2.05) is 0 Å². The zero-order valence-electron chi connectivity index (χ0n) is 10.2. The first-order valence-corrected chi connectivity index (χ1v) is 7.38. The maximum atomic E-state index is 9.19. The Balaban J connectivity index is 1.80. The lowest BCUT2D eigenvalue weighted by molar-refractivity contribution is 0.389. The van der Waals surface area contributed by atoms with Crippen LogP contribution in [0.3, 0.4) is 0 Å². The van der Waals surface area contributed by atoms with Crippen LogP contribution in [-0.4, -0.2) is 6.04 Å². The molecule has 0 saturated heterocycles. The standard InChI is InChI=1S/C15H16N2S/c16-10-12-3-1-2-4-14(12)17-13-5-6-15-11(9-13)7-8-18-15/h5-9,12,14,17H,1-4H2. The van der Waals surface area contributed by atoms with Gasteiger partial charge in [-0.25, -0.2) is 0 Å². The second kappa shape index (κ2) is 4.99. The molecule has 2 nitrogen and oxygen atoms in total. The van der Waals surface area contributed by atoms with Gasteiger partial charge in [-0.1, -0.05) is 12.8 Å². The number of thiophene rings is 1. The summed E-state index contributed by atoms with van der Waals surface area (Å²) < 4.78 is 1.32. The van der Waals surface area contributed by atoms with Crippen molar-refractivity contribution in [1.82, 2.24) is 0 Å². The molecule has 1 fully saturated rings. The van der Waals surface area contributed by atoms with Gasteiger partial charge in [0.2, 0.25) is 0 Å². The molecule has 3 heteroatoms. The van der Waals surface area contributed by atoms with E-state index < -0.39 is 0 Å². The van der Waals surface area contributed by atoms with Crippen molar-refractivity contribution >= 4 is 27.1 Å². The van der Waals surface area contributed by atoms with Crippen LogP contribution in [0.5, 0.6) is 0 Å². The normalized spacial score (nSPS) is 23.7. The summed E-state index contributed by atoms with van der Waals surface area (Å²) in [6.07, 6.45) is 4.57. The molecule has 1 aliphatic carbocycles. The van der Waals surface area contributed by atoms with Gasteiger partial charge < -0.3 is 5.32 Å². The minimum Gasteiger partial charge on any atom is -0.381 e. The lowest BCUT2D eigenvalue weighted by atomic mass is 9.85. The number of nitrogens with one attached hydrogen (secondary N) is 1. The molecule has 1 saturated carbocycles. The lowest BCUT2D eigenvalue weighted by Gasteiger charge is -2.28. The van der Waals surface area contributed by atoms with E-state index in [0.29, 0.717) is 6.04 Å². The van der Waals surface area contributed by atoms with E-state index in [1.165, 1.54) is 22.9 Å². The summed E-state index contributed by atoms with van der Waals surface area (Å²) in [6, 6.07) is 11.4. The molecule has 18 heavy (non-hydrogen) atoms. The molecule has 0 amide bonds. The predicted molar refractivity (Wildman–Crippen MR) is 76.8 cm³/mol. The van der Waals surface area contributed by atoms with E-state index in [2.05, 4.69) is 41.0 Å². The van der Waals surface area contributed by atoms with E-state index >= 15 is 0 Å². The zero-order valence-corrected chi connectivity index (χ0v) is 11.0. The molecule has 1 aliphatic rings. The number of nitrogens with zero attached hydrogens (tertiary/aromatic N) is 1. The van der Waals surface area contributed by atoms with Crippen LogP contribution in [0.4, 0.5) is 5.69 Å². The van der Waals surface area contributed by atoms with Crippen LogP contribution < -0.4 is 5.32 Å². The quantitative estimate of drug-likeness (QED) is 0.864. The molecule has 2 atom stereocenters. The van der Waals surface area contributed by atoms with E-state index in [-0.39, 0.29) is 5.92 Å². The molecule has 92 valence electrons. The molecule has 1 aromatic carbocycles. The van der Waals surface area contributed by atoms with Crippen LogP contribution in [0.1, 0.15) is 25.7 Å². The fraction of sp³-hybridized carbons (Fsp3) is 0.400. The molecule has 1 aromatic heterocycles. The molecular weight excluding hydrogens is 240 g/mol. The van der Waals surface area contributed by atoms with Crippen molar-refractivity contribution in [2.45, 2.75) is 31.7 Å². The summed E-state index contributed by atoms with van der Waals surface area (Å²) in [5.74, 6) is 0.164. The van der Waals surface area contributed by atoms with Crippen LogP contribution in [0.15, 0.2) is 29.6 Å². The summed E-state index contributed by atoms with van der Waals surface area (Å²) in [5, 5.41) is 16.1. The van der Waals surface area contributed by atoms with E-state index in [9.17, 15) is 5.26 Å². The third-order valence-corrected chi connectivity index (χ3v) is 4.63. The third kappa shape index (κ3) is 2.21. The fourth-order valence-electron chi connectivity index (χ4n) is 2.73.